The zero-order chi connectivity index (χ0) is 15.7. The van der Waals surface area contributed by atoms with Gasteiger partial charge in [-0.1, -0.05) is 12.2 Å². The lowest BCUT2D eigenvalue weighted by Gasteiger charge is -2.20. The van der Waals surface area contributed by atoms with Crippen LogP contribution in [0.5, 0.6) is 0 Å². The van der Waals surface area contributed by atoms with Gasteiger partial charge in [0, 0.05) is 13.1 Å². The molecule has 2 rings (SSSR count). The standard InChI is InChI=1S/C13H15F3N2O2S/c1-9-7-10(13(14,15)16)4-5-12(9)21(19,20)18-11-3-2-6-17-8-11/h2-5,7,11,17-18H,6,8H2,1H3. The minimum absolute atomic E-state index is 0.0603. The van der Waals surface area contributed by atoms with Gasteiger partial charge in [-0.2, -0.15) is 13.2 Å². The molecule has 0 aromatic heterocycles. The van der Waals surface area contributed by atoms with Crippen molar-refractivity contribution in [3.8, 4) is 0 Å². The molecule has 1 aliphatic rings. The molecule has 0 spiro atoms. The molecule has 4 nitrogen and oxygen atoms in total. The Morgan fingerprint density at radius 2 is 2.05 bits per heavy atom. The summed E-state index contributed by atoms with van der Waals surface area (Å²) in [5.74, 6) is 0. The summed E-state index contributed by atoms with van der Waals surface area (Å²) in [7, 11) is -3.86. The Hall–Kier alpha value is -1.38. The molecule has 1 atom stereocenters. The average Bonchev–Trinajstić information content (AvgIpc) is 2.37. The first kappa shape index (κ1) is 16.0. The highest BCUT2D eigenvalue weighted by Crippen LogP contribution is 2.31. The molecule has 0 fully saturated rings. The summed E-state index contributed by atoms with van der Waals surface area (Å²) in [6, 6.07) is 2.19. The first-order chi connectivity index (χ1) is 9.70. The van der Waals surface area contributed by atoms with E-state index in [9.17, 15) is 21.6 Å². The van der Waals surface area contributed by atoms with E-state index >= 15 is 0 Å². The van der Waals surface area contributed by atoms with Gasteiger partial charge in [-0.25, -0.2) is 13.1 Å². The summed E-state index contributed by atoms with van der Waals surface area (Å²) in [4.78, 5) is -0.144. The number of rotatable bonds is 3. The maximum absolute atomic E-state index is 12.6. The number of hydrogen-bond acceptors (Lipinski definition) is 3. The van der Waals surface area contributed by atoms with Crippen molar-refractivity contribution in [2.75, 3.05) is 13.1 Å². The highest BCUT2D eigenvalue weighted by atomic mass is 32.2. The van der Waals surface area contributed by atoms with Gasteiger partial charge in [0.2, 0.25) is 10.0 Å². The van der Waals surface area contributed by atoms with Crippen LogP contribution in [-0.4, -0.2) is 27.5 Å². The highest BCUT2D eigenvalue weighted by molar-refractivity contribution is 7.89. The lowest BCUT2D eigenvalue weighted by molar-refractivity contribution is -0.137. The number of aryl methyl sites for hydroxylation is 1. The quantitative estimate of drug-likeness (QED) is 0.835. The highest BCUT2D eigenvalue weighted by Gasteiger charge is 2.32. The Labute approximate surface area is 121 Å². The number of benzene rings is 1. The predicted molar refractivity (Wildman–Crippen MR) is 72.3 cm³/mol. The summed E-state index contributed by atoms with van der Waals surface area (Å²) < 4.78 is 64.7. The van der Waals surface area contributed by atoms with Crippen molar-refractivity contribution in [3.05, 3.63) is 41.5 Å². The second kappa shape index (κ2) is 5.78. The normalized spacial score (nSPS) is 19.7. The number of alkyl halides is 3. The van der Waals surface area contributed by atoms with Gasteiger partial charge in [0.1, 0.15) is 0 Å². The molecule has 0 amide bonds. The Morgan fingerprint density at radius 3 is 2.57 bits per heavy atom. The number of sulfonamides is 1. The Bertz CT molecular complexity index is 654. The van der Waals surface area contributed by atoms with Crippen LogP contribution in [0, 0.1) is 6.92 Å². The molecule has 1 unspecified atom stereocenters. The zero-order valence-electron chi connectivity index (χ0n) is 11.2. The largest absolute Gasteiger partial charge is 0.416 e. The van der Waals surface area contributed by atoms with E-state index in [0.29, 0.717) is 13.1 Å². The van der Waals surface area contributed by atoms with Crippen molar-refractivity contribution >= 4 is 10.0 Å². The van der Waals surface area contributed by atoms with Crippen molar-refractivity contribution in [2.45, 2.75) is 24.0 Å². The van der Waals surface area contributed by atoms with Crippen molar-refractivity contribution < 1.29 is 21.6 Å². The third-order valence-corrected chi connectivity index (χ3v) is 4.74. The molecule has 1 aromatic rings. The van der Waals surface area contributed by atoms with Gasteiger partial charge in [0.25, 0.3) is 0 Å². The third-order valence-electron chi connectivity index (χ3n) is 3.09. The molecule has 1 aliphatic heterocycles. The lowest BCUT2D eigenvalue weighted by Crippen LogP contribution is -2.43. The summed E-state index contributed by atoms with van der Waals surface area (Å²) in [5.41, 5.74) is -0.803. The molecule has 8 heteroatoms. The molecule has 0 saturated heterocycles. The van der Waals surface area contributed by atoms with Gasteiger partial charge < -0.3 is 5.32 Å². The Morgan fingerprint density at radius 1 is 1.33 bits per heavy atom. The third kappa shape index (κ3) is 3.84. The van der Waals surface area contributed by atoms with E-state index in [0.717, 1.165) is 18.2 Å². The molecule has 1 aromatic carbocycles. The molecule has 0 saturated carbocycles. The Balaban J connectivity index is 2.28. The molecular formula is C13H15F3N2O2S. The van der Waals surface area contributed by atoms with Crippen LogP contribution in [0.15, 0.2) is 35.2 Å². The van der Waals surface area contributed by atoms with Crippen LogP contribution >= 0.6 is 0 Å². The van der Waals surface area contributed by atoms with E-state index < -0.39 is 27.8 Å². The maximum Gasteiger partial charge on any atom is 0.416 e. The van der Waals surface area contributed by atoms with Crippen LogP contribution in [0.4, 0.5) is 13.2 Å². The van der Waals surface area contributed by atoms with Gasteiger partial charge in [0.15, 0.2) is 0 Å². The molecular weight excluding hydrogens is 305 g/mol. The lowest BCUT2D eigenvalue weighted by atomic mass is 10.1. The van der Waals surface area contributed by atoms with Gasteiger partial charge in [-0.05, 0) is 30.7 Å². The molecule has 0 radical (unpaired) electrons. The van der Waals surface area contributed by atoms with Crippen LogP contribution in [0.3, 0.4) is 0 Å². The van der Waals surface area contributed by atoms with Crippen LogP contribution in [0.1, 0.15) is 11.1 Å². The minimum Gasteiger partial charge on any atom is -0.311 e. The van der Waals surface area contributed by atoms with Crippen LogP contribution < -0.4 is 10.0 Å². The van der Waals surface area contributed by atoms with E-state index in [-0.39, 0.29) is 10.5 Å². The maximum atomic E-state index is 12.6. The number of hydrogen-bond donors (Lipinski definition) is 2. The summed E-state index contributed by atoms with van der Waals surface area (Å²) in [6.07, 6.45) is -0.986. The van der Waals surface area contributed by atoms with Crippen LogP contribution in [-0.2, 0) is 16.2 Å². The van der Waals surface area contributed by atoms with Gasteiger partial charge in [-0.15, -0.1) is 0 Å². The van der Waals surface area contributed by atoms with Crippen molar-refractivity contribution in [1.29, 1.82) is 0 Å². The fourth-order valence-corrected chi connectivity index (χ4v) is 3.51. The Kier molecular flexibility index (Phi) is 4.40. The summed E-state index contributed by atoms with van der Waals surface area (Å²) in [6.45, 7) is 2.45. The fourth-order valence-electron chi connectivity index (χ4n) is 2.09. The van der Waals surface area contributed by atoms with Crippen molar-refractivity contribution in [1.82, 2.24) is 10.0 Å². The van der Waals surface area contributed by atoms with E-state index in [2.05, 4.69) is 10.0 Å². The monoisotopic (exact) mass is 320 g/mol. The second-order valence-corrected chi connectivity index (χ2v) is 6.47. The van der Waals surface area contributed by atoms with E-state index in [1.165, 1.54) is 6.92 Å². The molecule has 0 bridgehead atoms. The zero-order valence-corrected chi connectivity index (χ0v) is 12.1. The first-order valence-corrected chi connectivity index (χ1v) is 7.76. The minimum atomic E-state index is -4.49. The molecule has 21 heavy (non-hydrogen) atoms. The van der Waals surface area contributed by atoms with Gasteiger partial charge in [0.05, 0.1) is 16.5 Å². The van der Waals surface area contributed by atoms with Crippen molar-refractivity contribution in [2.24, 2.45) is 0 Å². The van der Waals surface area contributed by atoms with E-state index in [1.807, 2.05) is 0 Å². The number of nitrogens with one attached hydrogen (secondary N) is 2. The first-order valence-electron chi connectivity index (χ1n) is 6.28. The second-order valence-electron chi connectivity index (χ2n) is 4.79. The van der Waals surface area contributed by atoms with Crippen LogP contribution in [0.25, 0.3) is 0 Å². The predicted octanol–water partition coefficient (Wildman–Crippen LogP) is 1.82. The smallest absolute Gasteiger partial charge is 0.311 e. The fraction of sp³-hybridized carbons (Fsp3) is 0.385. The van der Waals surface area contributed by atoms with E-state index in [4.69, 9.17) is 0 Å². The van der Waals surface area contributed by atoms with Gasteiger partial charge >= 0.3 is 6.18 Å². The average molecular weight is 320 g/mol. The molecule has 0 aliphatic carbocycles. The van der Waals surface area contributed by atoms with Crippen molar-refractivity contribution in [3.63, 3.8) is 0 Å². The topological polar surface area (TPSA) is 58.2 Å². The summed E-state index contributed by atoms with van der Waals surface area (Å²) >= 11 is 0. The van der Waals surface area contributed by atoms with Crippen LogP contribution in [0.2, 0.25) is 0 Å². The molecule has 1 heterocycles. The SMILES string of the molecule is Cc1cc(C(F)(F)F)ccc1S(=O)(=O)NC1C=CCNC1. The molecule has 2 N–H and O–H groups in total. The summed E-state index contributed by atoms with van der Waals surface area (Å²) in [5, 5.41) is 2.99. The van der Waals surface area contributed by atoms with Gasteiger partial charge in [-0.3, -0.25) is 0 Å². The van der Waals surface area contributed by atoms with E-state index in [1.54, 1.807) is 12.2 Å². The number of halogens is 3. The molecule has 116 valence electrons.